The minimum absolute atomic E-state index is 0.281. The molecular weight excluding hydrogens is 202 g/mol. The van der Waals surface area contributed by atoms with E-state index >= 15 is 0 Å². The molecule has 0 bridgehead atoms. The number of benzene rings is 1. The second-order valence-electron chi connectivity index (χ2n) is 3.16. The van der Waals surface area contributed by atoms with Gasteiger partial charge in [-0.1, -0.05) is 0 Å². The Hall–Kier alpha value is -1.48. The normalized spacial score (nSPS) is 10.7. The molecule has 0 aliphatic carbocycles. The number of nitrogens with zero attached hydrogens (tertiary/aromatic N) is 1. The summed E-state index contributed by atoms with van der Waals surface area (Å²) in [6.07, 6.45) is 1.76. The van der Waals surface area contributed by atoms with Crippen LogP contribution in [0, 0.1) is 6.92 Å². The van der Waals surface area contributed by atoms with Crippen LogP contribution in [0.15, 0.2) is 24.4 Å². The zero-order chi connectivity index (χ0) is 10.3. The molecule has 2 rings (SSSR count). The van der Waals surface area contributed by atoms with E-state index in [1.807, 2.05) is 6.92 Å². The first kappa shape index (κ1) is 9.09. The van der Waals surface area contributed by atoms with E-state index < -0.39 is 5.97 Å². The fraction of sp³-hybridized carbons (Fsp3) is 0.100. The molecular formula is C10H8ClNO2. The van der Waals surface area contributed by atoms with Crippen LogP contribution in [0.3, 0.4) is 0 Å². The summed E-state index contributed by atoms with van der Waals surface area (Å²) in [4.78, 5) is 10.7. The number of aromatic nitrogens is 1. The Kier molecular flexibility index (Phi) is 1.97. The van der Waals surface area contributed by atoms with Gasteiger partial charge in [-0.2, -0.15) is 0 Å². The van der Waals surface area contributed by atoms with Gasteiger partial charge in [0.1, 0.15) is 0 Å². The van der Waals surface area contributed by atoms with Crippen LogP contribution in [0.4, 0.5) is 0 Å². The average Bonchev–Trinajstić information content (AvgIpc) is 2.42. The number of aromatic carboxylic acids is 1. The van der Waals surface area contributed by atoms with E-state index in [0.29, 0.717) is 0 Å². The summed E-state index contributed by atoms with van der Waals surface area (Å²) in [5, 5.41) is 9.68. The Balaban J connectivity index is 2.77. The van der Waals surface area contributed by atoms with Crippen molar-refractivity contribution in [3.8, 4) is 0 Å². The zero-order valence-corrected chi connectivity index (χ0v) is 8.25. The number of hydrogen-bond acceptors (Lipinski definition) is 1. The largest absolute Gasteiger partial charge is 0.478 e. The molecule has 72 valence electrons. The molecule has 0 atom stereocenters. The number of carboxylic acids is 1. The number of aryl methyl sites for hydroxylation is 1. The first-order valence-corrected chi connectivity index (χ1v) is 4.44. The van der Waals surface area contributed by atoms with E-state index in [1.54, 1.807) is 24.4 Å². The SMILES string of the molecule is Cc1cn(Cl)c2ccc(C(=O)O)cc12. The lowest BCUT2D eigenvalue weighted by Gasteiger charge is -1.96. The summed E-state index contributed by atoms with van der Waals surface area (Å²) in [6, 6.07) is 4.88. The average molecular weight is 210 g/mol. The first-order valence-electron chi connectivity index (χ1n) is 4.11. The molecule has 0 fully saturated rings. The van der Waals surface area contributed by atoms with Crippen LogP contribution in [-0.4, -0.2) is 15.2 Å². The maximum Gasteiger partial charge on any atom is 0.335 e. The van der Waals surface area contributed by atoms with E-state index in [4.69, 9.17) is 16.9 Å². The number of carboxylic acid groups (broad SMARTS) is 1. The van der Waals surface area contributed by atoms with Crippen LogP contribution in [-0.2, 0) is 0 Å². The second kappa shape index (κ2) is 3.03. The quantitative estimate of drug-likeness (QED) is 0.785. The van der Waals surface area contributed by atoms with E-state index in [9.17, 15) is 4.79 Å². The third kappa shape index (κ3) is 1.26. The predicted molar refractivity (Wildman–Crippen MR) is 54.9 cm³/mol. The number of fused-ring (bicyclic) bond motifs is 1. The van der Waals surface area contributed by atoms with Gasteiger partial charge in [-0.15, -0.1) is 0 Å². The van der Waals surface area contributed by atoms with Gasteiger partial charge in [-0.25, -0.2) is 4.79 Å². The van der Waals surface area contributed by atoms with Gasteiger partial charge >= 0.3 is 5.97 Å². The highest BCUT2D eigenvalue weighted by molar-refractivity contribution is 6.19. The standard InChI is InChI=1S/C10H8ClNO2/c1-6-5-12(11)9-3-2-7(10(13)14)4-8(6)9/h2-5H,1H3,(H,13,14). The Morgan fingerprint density at radius 1 is 1.50 bits per heavy atom. The van der Waals surface area contributed by atoms with Gasteiger partial charge in [0.05, 0.1) is 11.1 Å². The Bertz CT molecular complexity index is 516. The van der Waals surface area contributed by atoms with E-state index in [2.05, 4.69) is 0 Å². The number of halogens is 1. The van der Waals surface area contributed by atoms with Gasteiger partial charge in [0.15, 0.2) is 0 Å². The monoisotopic (exact) mass is 209 g/mol. The summed E-state index contributed by atoms with van der Waals surface area (Å²) >= 11 is 5.88. The van der Waals surface area contributed by atoms with Gasteiger partial charge < -0.3 is 5.11 Å². The van der Waals surface area contributed by atoms with Crippen LogP contribution < -0.4 is 0 Å². The molecule has 0 unspecified atom stereocenters. The third-order valence-corrected chi connectivity index (χ3v) is 2.49. The molecule has 0 aliphatic rings. The lowest BCUT2D eigenvalue weighted by molar-refractivity contribution is 0.0697. The van der Waals surface area contributed by atoms with Crippen molar-refractivity contribution in [1.29, 1.82) is 0 Å². The van der Waals surface area contributed by atoms with Crippen LogP contribution >= 0.6 is 11.8 Å². The zero-order valence-electron chi connectivity index (χ0n) is 7.49. The van der Waals surface area contributed by atoms with Crippen molar-refractivity contribution in [2.45, 2.75) is 6.92 Å². The number of carbonyl (C=O) groups is 1. The van der Waals surface area contributed by atoms with Gasteiger partial charge in [-0.3, -0.25) is 4.09 Å². The van der Waals surface area contributed by atoms with Crippen LogP contribution in [0.2, 0.25) is 0 Å². The van der Waals surface area contributed by atoms with Crippen LogP contribution in [0.25, 0.3) is 10.9 Å². The summed E-state index contributed by atoms with van der Waals surface area (Å²) in [7, 11) is 0. The molecule has 1 heterocycles. The molecule has 0 spiro atoms. The summed E-state index contributed by atoms with van der Waals surface area (Å²) < 4.78 is 1.47. The second-order valence-corrected chi connectivity index (χ2v) is 3.52. The van der Waals surface area contributed by atoms with Crippen molar-refractivity contribution in [3.05, 3.63) is 35.5 Å². The smallest absolute Gasteiger partial charge is 0.335 e. The maximum atomic E-state index is 10.7. The molecule has 14 heavy (non-hydrogen) atoms. The molecule has 1 aromatic carbocycles. The van der Waals surface area contributed by atoms with Crippen molar-refractivity contribution >= 4 is 28.6 Å². The molecule has 1 N–H and O–H groups in total. The van der Waals surface area contributed by atoms with E-state index in [-0.39, 0.29) is 5.56 Å². The lowest BCUT2D eigenvalue weighted by atomic mass is 10.1. The van der Waals surface area contributed by atoms with E-state index in [1.165, 1.54) is 4.09 Å². The summed E-state index contributed by atoms with van der Waals surface area (Å²) in [5.41, 5.74) is 2.08. The molecule has 3 nitrogen and oxygen atoms in total. The molecule has 0 saturated carbocycles. The van der Waals surface area contributed by atoms with Crippen molar-refractivity contribution in [2.24, 2.45) is 0 Å². The fourth-order valence-electron chi connectivity index (χ4n) is 1.48. The molecule has 2 aromatic rings. The molecule has 0 saturated heterocycles. The predicted octanol–water partition coefficient (Wildman–Crippen LogP) is 2.65. The highest BCUT2D eigenvalue weighted by Gasteiger charge is 2.08. The van der Waals surface area contributed by atoms with E-state index in [0.717, 1.165) is 16.5 Å². The molecule has 0 amide bonds. The minimum Gasteiger partial charge on any atom is -0.478 e. The fourth-order valence-corrected chi connectivity index (χ4v) is 1.77. The van der Waals surface area contributed by atoms with Gasteiger partial charge in [0.25, 0.3) is 0 Å². The van der Waals surface area contributed by atoms with Gasteiger partial charge in [-0.05, 0) is 30.7 Å². The Morgan fingerprint density at radius 2 is 2.21 bits per heavy atom. The topological polar surface area (TPSA) is 42.2 Å². The first-order chi connectivity index (χ1) is 6.59. The Morgan fingerprint density at radius 3 is 2.86 bits per heavy atom. The van der Waals surface area contributed by atoms with Crippen molar-refractivity contribution in [1.82, 2.24) is 4.09 Å². The van der Waals surface area contributed by atoms with Crippen molar-refractivity contribution in [2.75, 3.05) is 0 Å². The van der Waals surface area contributed by atoms with Crippen molar-refractivity contribution in [3.63, 3.8) is 0 Å². The van der Waals surface area contributed by atoms with Crippen LogP contribution in [0.1, 0.15) is 15.9 Å². The minimum atomic E-state index is -0.923. The third-order valence-electron chi connectivity index (χ3n) is 2.21. The van der Waals surface area contributed by atoms with Gasteiger partial charge in [0.2, 0.25) is 0 Å². The highest BCUT2D eigenvalue weighted by Crippen LogP contribution is 2.22. The van der Waals surface area contributed by atoms with Gasteiger partial charge in [0, 0.05) is 23.4 Å². The molecule has 0 aliphatic heterocycles. The summed E-state index contributed by atoms with van der Waals surface area (Å²) in [6.45, 7) is 1.90. The molecule has 1 aromatic heterocycles. The summed E-state index contributed by atoms with van der Waals surface area (Å²) in [5.74, 6) is -0.923. The maximum absolute atomic E-state index is 10.7. The number of hydrogen-bond donors (Lipinski definition) is 1. The Labute approximate surface area is 85.6 Å². The number of rotatable bonds is 1. The van der Waals surface area contributed by atoms with Crippen molar-refractivity contribution < 1.29 is 9.90 Å². The molecule has 0 radical (unpaired) electrons. The molecule has 4 heteroatoms. The highest BCUT2D eigenvalue weighted by atomic mass is 35.5. The lowest BCUT2D eigenvalue weighted by Crippen LogP contribution is -1.95. The van der Waals surface area contributed by atoms with Crippen LogP contribution in [0.5, 0.6) is 0 Å².